The van der Waals surface area contributed by atoms with Crippen LogP contribution >= 0.6 is 0 Å². The summed E-state index contributed by atoms with van der Waals surface area (Å²) in [6, 6.07) is 6.64. The largest absolute Gasteiger partial charge is 0.383 e. The van der Waals surface area contributed by atoms with E-state index in [0.717, 1.165) is 0 Å². The Morgan fingerprint density at radius 2 is 1.87 bits per heavy atom. The van der Waals surface area contributed by atoms with E-state index in [2.05, 4.69) is 9.97 Å². The maximum atomic E-state index is 11.9. The number of rotatable bonds is 2. The second-order valence-electron chi connectivity index (χ2n) is 3.00. The van der Waals surface area contributed by atoms with Crippen LogP contribution in [-0.4, -0.2) is 15.8 Å². The van der Waals surface area contributed by atoms with E-state index in [4.69, 9.17) is 5.73 Å². The highest BCUT2D eigenvalue weighted by atomic mass is 16.1. The Hall–Kier alpha value is -2.23. The molecular formula is C11H9N3O. The van der Waals surface area contributed by atoms with E-state index < -0.39 is 0 Å². The Bertz CT molecular complexity index is 482. The van der Waals surface area contributed by atoms with Crippen LogP contribution in [0.4, 0.5) is 5.82 Å². The molecule has 0 aliphatic rings. The summed E-state index contributed by atoms with van der Waals surface area (Å²) >= 11 is 0. The second-order valence-corrected chi connectivity index (χ2v) is 3.00. The lowest BCUT2D eigenvalue weighted by Gasteiger charge is -2.02. The lowest BCUT2D eigenvalue weighted by atomic mass is 10.1. The summed E-state index contributed by atoms with van der Waals surface area (Å²) in [5, 5.41) is 0. The van der Waals surface area contributed by atoms with Gasteiger partial charge in [0.25, 0.3) is 0 Å². The van der Waals surface area contributed by atoms with Crippen LogP contribution in [0.5, 0.6) is 0 Å². The maximum absolute atomic E-state index is 11.9. The molecule has 0 aliphatic carbocycles. The molecule has 2 aromatic rings. The SMILES string of the molecule is Nc1ncccc1C(=O)c1ccncc1. The van der Waals surface area contributed by atoms with Crippen molar-refractivity contribution in [1.29, 1.82) is 0 Å². The average molecular weight is 199 g/mol. The molecule has 15 heavy (non-hydrogen) atoms. The van der Waals surface area contributed by atoms with Crippen molar-refractivity contribution >= 4 is 11.6 Å². The van der Waals surface area contributed by atoms with E-state index in [1.165, 1.54) is 0 Å². The van der Waals surface area contributed by atoms with E-state index in [1.807, 2.05) is 0 Å². The van der Waals surface area contributed by atoms with Gasteiger partial charge in [0.2, 0.25) is 0 Å². The van der Waals surface area contributed by atoms with Crippen molar-refractivity contribution in [2.75, 3.05) is 5.73 Å². The van der Waals surface area contributed by atoms with Gasteiger partial charge in [-0.05, 0) is 24.3 Å². The predicted octanol–water partition coefficient (Wildman–Crippen LogP) is 1.29. The molecule has 74 valence electrons. The molecule has 2 heterocycles. The lowest BCUT2D eigenvalue weighted by Crippen LogP contribution is -2.06. The van der Waals surface area contributed by atoms with E-state index in [1.54, 1.807) is 42.9 Å². The van der Waals surface area contributed by atoms with Gasteiger partial charge in [0.05, 0.1) is 5.56 Å². The summed E-state index contributed by atoms with van der Waals surface area (Å²) in [6.07, 6.45) is 4.69. The van der Waals surface area contributed by atoms with Crippen LogP contribution < -0.4 is 5.73 Å². The minimum atomic E-state index is -0.136. The number of aromatic nitrogens is 2. The molecule has 0 saturated heterocycles. The minimum absolute atomic E-state index is 0.136. The topological polar surface area (TPSA) is 68.9 Å². The number of carbonyl (C=O) groups is 1. The Morgan fingerprint density at radius 3 is 2.53 bits per heavy atom. The Morgan fingerprint density at radius 1 is 1.13 bits per heavy atom. The number of nitrogens with zero attached hydrogens (tertiary/aromatic N) is 2. The molecule has 2 aromatic heterocycles. The fraction of sp³-hybridized carbons (Fsp3) is 0. The molecule has 0 aromatic carbocycles. The van der Waals surface area contributed by atoms with Crippen LogP contribution in [0.15, 0.2) is 42.9 Å². The first kappa shape index (κ1) is 9.33. The summed E-state index contributed by atoms with van der Waals surface area (Å²) in [4.78, 5) is 19.6. The molecule has 0 bridgehead atoms. The van der Waals surface area contributed by atoms with Crippen LogP contribution in [0.25, 0.3) is 0 Å². The summed E-state index contributed by atoms with van der Waals surface area (Å²) in [6.45, 7) is 0. The number of nitrogen functional groups attached to an aromatic ring is 1. The third kappa shape index (κ3) is 1.83. The van der Waals surface area contributed by atoms with Crippen molar-refractivity contribution in [3.05, 3.63) is 54.0 Å². The summed E-state index contributed by atoms with van der Waals surface area (Å²) in [5.41, 5.74) is 6.59. The molecule has 0 aliphatic heterocycles. The van der Waals surface area contributed by atoms with Crippen molar-refractivity contribution in [2.24, 2.45) is 0 Å². The molecular weight excluding hydrogens is 190 g/mol. The highest BCUT2D eigenvalue weighted by Crippen LogP contribution is 2.12. The maximum Gasteiger partial charge on any atom is 0.196 e. The third-order valence-electron chi connectivity index (χ3n) is 2.03. The molecule has 0 saturated carbocycles. The van der Waals surface area contributed by atoms with Crippen molar-refractivity contribution in [3.63, 3.8) is 0 Å². The van der Waals surface area contributed by atoms with Gasteiger partial charge in [-0.15, -0.1) is 0 Å². The molecule has 2 rings (SSSR count). The van der Waals surface area contributed by atoms with Gasteiger partial charge in [-0.2, -0.15) is 0 Å². The van der Waals surface area contributed by atoms with E-state index in [-0.39, 0.29) is 11.6 Å². The van der Waals surface area contributed by atoms with Gasteiger partial charge in [0.1, 0.15) is 5.82 Å². The Balaban J connectivity index is 2.42. The number of nitrogens with two attached hydrogens (primary N) is 1. The zero-order valence-electron chi connectivity index (χ0n) is 7.92. The fourth-order valence-electron chi connectivity index (χ4n) is 1.27. The highest BCUT2D eigenvalue weighted by molar-refractivity contribution is 6.11. The molecule has 4 nitrogen and oxygen atoms in total. The monoisotopic (exact) mass is 199 g/mol. The Labute approximate surface area is 86.8 Å². The van der Waals surface area contributed by atoms with E-state index in [9.17, 15) is 4.79 Å². The average Bonchev–Trinajstić information content (AvgIpc) is 2.30. The number of ketones is 1. The van der Waals surface area contributed by atoms with Crippen LogP contribution in [0.3, 0.4) is 0 Å². The second kappa shape index (κ2) is 3.88. The number of carbonyl (C=O) groups excluding carboxylic acids is 1. The summed E-state index contributed by atoms with van der Waals surface area (Å²) < 4.78 is 0. The van der Waals surface area contributed by atoms with Gasteiger partial charge in [0.15, 0.2) is 5.78 Å². The summed E-state index contributed by atoms with van der Waals surface area (Å²) in [7, 11) is 0. The van der Waals surface area contributed by atoms with Crippen LogP contribution in [-0.2, 0) is 0 Å². The first-order valence-corrected chi connectivity index (χ1v) is 4.44. The van der Waals surface area contributed by atoms with Crippen LogP contribution in [0.1, 0.15) is 15.9 Å². The normalized spacial score (nSPS) is 9.87. The molecule has 0 spiro atoms. The fourth-order valence-corrected chi connectivity index (χ4v) is 1.27. The predicted molar refractivity (Wildman–Crippen MR) is 56.3 cm³/mol. The van der Waals surface area contributed by atoms with Gasteiger partial charge in [-0.1, -0.05) is 0 Å². The van der Waals surface area contributed by atoms with Crippen molar-refractivity contribution < 1.29 is 4.79 Å². The number of anilines is 1. The van der Waals surface area contributed by atoms with Gasteiger partial charge in [-0.25, -0.2) is 4.98 Å². The smallest absolute Gasteiger partial charge is 0.196 e. The zero-order chi connectivity index (χ0) is 10.7. The summed E-state index contributed by atoms with van der Waals surface area (Å²) in [5.74, 6) is 0.113. The standard InChI is InChI=1S/C11H9N3O/c12-11-9(2-1-5-14-11)10(15)8-3-6-13-7-4-8/h1-7H,(H2,12,14). The van der Waals surface area contributed by atoms with Crippen molar-refractivity contribution in [2.45, 2.75) is 0 Å². The van der Waals surface area contributed by atoms with E-state index >= 15 is 0 Å². The van der Waals surface area contributed by atoms with Gasteiger partial charge < -0.3 is 5.73 Å². The number of hydrogen-bond acceptors (Lipinski definition) is 4. The Kier molecular flexibility index (Phi) is 2.41. The van der Waals surface area contributed by atoms with Crippen molar-refractivity contribution in [3.8, 4) is 0 Å². The van der Waals surface area contributed by atoms with Gasteiger partial charge in [-0.3, -0.25) is 9.78 Å². The molecule has 4 heteroatoms. The minimum Gasteiger partial charge on any atom is -0.383 e. The highest BCUT2D eigenvalue weighted by Gasteiger charge is 2.11. The van der Waals surface area contributed by atoms with Crippen LogP contribution in [0, 0.1) is 0 Å². The zero-order valence-corrected chi connectivity index (χ0v) is 7.92. The quantitative estimate of drug-likeness (QED) is 0.740. The molecule has 0 fully saturated rings. The van der Waals surface area contributed by atoms with Gasteiger partial charge in [0, 0.05) is 24.2 Å². The third-order valence-corrected chi connectivity index (χ3v) is 2.03. The van der Waals surface area contributed by atoms with Crippen LogP contribution in [0.2, 0.25) is 0 Å². The first-order valence-electron chi connectivity index (χ1n) is 4.44. The molecule has 0 atom stereocenters. The first-order chi connectivity index (χ1) is 7.29. The number of hydrogen-bond donors (Lipinski definition) is 1. The van der Waals surface area contributed by atoms with Gasteiger partial charge >= 0.3 is 0 Å². The molecule has 2 N–H and O–H groups in total. The van der Waals surface area contributed by atoms with Crippen molar-refractivity contribution in [1.82, 2.24) is 9.97 Å². The molecule has 0 radical (unpaired) electrons. The number of pyridine rings is 2. The molecule has 0 unspecified atom stereocenters. The lowest BCUT2D eigenvalue weighted by molar-refractivity contribution is 0.103. The molecule has 0 amide bonds. The van der Waals surface area contributed by atoms with E-state index in [0.29, 0.717) is 11.1 Å².